The Kier molecular flexibility index (Phi) is 7.63. The van der Waals surface area contributed by atoms with Crippen molar-refractivity contribution in [1.82, 2.24) is 4.90 Å². The van der Waals surface area contributed by atoms with Crippen LogP contribution in [0.1, 0.15) is 44.2 Å². The number of carboxylic acids is 1. The molecule has 5 heteroatoms. The van der Waals surface area contributed by atoms with E-state index in [4.69, 9.17) is 5.11 Å². The van der Waals surface area contributed by atoms with Gasteiger partial charge >= 0.3 is 5.97 Å². The van der Waals surface area contributed by atoms with Crippen LogP contribution in [0.5, 0.6) is 0 Å². The summed E-state index contributed by atoms with van der Waals surface area (Å²) in [6.07, 6.45) is 4.98. The molecule has 27 heavy (non-hydrogen) atoms. The molecule has 2 rings (SSSR count). The first kappa shape index (κ1) is 20.7. The second-order valence-electron chi connectivity index (χ2n) is 7.00. The van der Waals surface area contributed by atoms with Gasteiger partial charge in [-0.15, -0.1) is 11.8 Å². The van der Waals surface area contributed by atoms with E-state index in [1.807, 2.05) is 30.0 Å². The molecule has 2 N–H and O–H groups in total. The second kappa shape index (κ2) is 9.94. The average molecular weight is 369 g/mol. The first-order chi connectivity index (χ1) is 12.9. The van der Waals surface area contributed by atoms with Gasteiger partial charge < -0.3 is 15.1 Å². The lowest BCUT2D eigenvalue weighted by Crippen LogP contribution is -2.31. The van der Waals surface area contributed by atoms with Gasteiger partial charge in [0.05, 0.1) is 18.6 Å². The summed E-state index contributed by atoms with van der Waals surface area (Å²) in [7, 11) is 0. The van der Waals surface area contributed by atoms with Gasteiger partial charge in [0, 0.05) is 19.4 Å². The van der Waals surface area contributed by atoms with E-state index in [2.05, 4.69) is 11.8 Å². The van der Waals surface area contributed by atoms with E-state index >= 15 is 0 Å². The molecule has 1 amide bonds. The van der Waals surface area contributed by atoms with Crippen molar-refractivity contribution < 1.29 is 19.8 Å². The third-order valence-electron chi connectivity index (χ3n) is 4.82. The summed E-state index contributed by atoms with van der Waals surface area (Å²) in [5.41, 5.74) is 1.70. The number of rotatable bonds is 8. The van der Waals surface area contributed by atoms with E-state index in [1.54, 1.807) is 25.1 Å². The highest BCUT2D eigenvalue weighted by Crippen LogP contribution is 2.23. The number of carboxylic acid groups (broad SMARTS) is 1. The molecule has 1 aliphatic heterocycles. The van der Waals surface area contributed by atoms with E-state index in [9.17, 15) is 14.7 Å². The number of carbonyl (C=O) groups excluding carboxylic acids is 1. The summed E-state index contributed by atoms with van der Waals surface area (Å²) in [4.78, 5) is 24.8. The van der Waals surface area contributed by atoms with Gasteiger partial charge in [-0.05, 0) is 30.4 Å². The molecule has 1 aromatic rings. The average Bonchev–Trinajstić information content (AvgIpc) is 2.98. The minimum Gasteiger partial charge on any atom is -0.481 e. The van der Waals surface area contributed by atoms with Gasteiger partial charge in [-0.1, -0.05) is 43.3 Å². The molecular formula is C22H27NO4. The van der Waals surface area contributed by atoms with Crippen LogP contribution < -0.4 is 0 Å². The molecule has 0 aliphatic carbocycles. The molecule has 0 spiro atoms. The molecule has 0 saturated carbocycles. The summed E-state index contributed by atoms with van der Waals surface area (Å²) in [5.74, 6) is 5.09. The zero-order chi connectivity index (χ0) is 19.8. The molecule has 1 saturated heterocycles. The quantitative estimate of drug-likeness (QED) is 0.546. The van der Waals surface area contributed by atoms with Crippen LogP contribution in [0.25, 0.3) is 0 Å². The molecule has 1 aliphatic rings. The summed E-state index contributed by atoms with van der Waals surface area (Å²) in [6.45, 7) is 4.22. The molecule has 144 valence electrons. The molecule has 0 radical (unpaired) electrons. The van der Waals surface area contributed by atoms with Crippen LogP contribution in [0.4, 0.5) is 0 Å². The maximum absolute atomic E-state index is 12.3. The molecule has 0 bridgehead atoms. The van der Waals surface area contributed by atoms with Crippen LogP contribution in [0, 0.1) is 17.8 Å². The highest BCUT2D eigenvalue weighted by atomic mass is 16.4. The Morgan fingerprint density at radius 3 is 2.63 bits per heavy atom. The fourth-order valence-electron chi connectivity index (χ4n) is 3.11. The summed E-state index contributed by atoms with van der Waals surface area (Å²) in [5, 5.41) is 19.1. The van der Waals surface area contributed by atoms with Gasteiger partial charge in [-0.2, -0.15) is 0 Å². The van der Waals surface area contributed by atoms with Gasteiger partial charge in [0.2, 0.25) is 5.91 Å². The van der Waals surface area contributed by atoms with Crippen molar-refractivity contribution in [2.45, 2.75) is 58.2 Å². The van der Waals surface area contributed by atoms with Crippen LogP contribution in [0.2, 0.25) is 0 Å². The predicted octanol–water partition coefficient (Wildman–Crippen LogP) is 2.77. The lowest BCUT2D eigenvalue weighted by atomic mass is 10.00. The van der Waals surface area contributed by atoms with E-state index < -0.39 is 12.1 Å². The molecule has 0 aromatic heterocycles. The number of aliphatic carboxylic acids is 1. The monoisotopic (exact) mass is 369 g/mol. The normalized spacial score (nSPS) is 19.0. The lowest BCUT2D eigenvalue weighted by Gasteiger charge is -2.23. The predicted molar refractivity (Wildman–Crippen MR) is 104 cm³/mol. The molecule has 1 aromatic carbocycles. The molecule has 1 fully saturated rings. The molecule has 3 atom stereocenters. The maximum atomic E-state index is 12.3. The van der Waals surface area contributed by atoms with Gasteiger partial charge in [0.15, 0.2) is 0 Å². The van der Waals surface area contributed by atoms with Crippen LogP contribution in [0.15, 0.2) is 36.4 Å². The third-order valence-corrected chi connectivity index (χ3v) is 4.82. The van der Waals surface area contributed by atoms with E-state index in [0.717, 1.165) is 17.5 Å². The van der Waals surface area contributed by atoms with Crippen molar-refractivity contribution in [3.8, 4) is 11.8 Å². The largest absolute Gasteiger partial charge is 0.481 e. The second-order valence-corrected chi connectivity index (χ2v) is 7.00. The maximum Gasteiger partial charge on any atom is 0.307 e. The Bertz CT molecular complexity index is 742. The molecule has 5 nitrogen and oxygen atoms in total. The fourth-order valence-corrected chi connectivity index (χ4v) is 3.11. The number of benzene rings is 1. The van der Waals surface area contributed by atoms with Gasteiger partial charge in [-0.3, -0.25) is 9.59 Å². The summed E-state index contributed by atoms with van der Waals surface area (Å²) >= 11 is 0. The smallest absolute Gasteiger partial charge is 0.307 e. The number of hydrogen-bond donors (Lipinski definition) is 2. The minimum absolute atomic E-state index is 0.00717. The van der Waals surface area contributed by atoms with Gasteiger partial charge in [0.1, 0.15) is 0 Å². The van der Waals surface area contributed by atoms with Crippen molar-refractivity contribution in [2.24, 2.45) is 5.92 Å². The Balaban J connectivity index is 1.99. The van der Waals surface area contributed by atoms with Crippen molar-refractivity contribution in [3.63, 3.8) is 0 Å². The number of aliphatic hydroxyl groups excluding tert-OH is 1. The van der Waals surface area contributed by atoms with Gasteiger partial charge in [-0.25, -0.2) is 0 Å². The number of likely N-dealkylation sites (tertiary alicyclic amines) is 1. The van der Waals surface area contributed by atoms with Crippen LogP contribution in [0.3, 0.4) is 0 Å². The Labute approximate surface area is 160 Å². The number of aliphatic hydroxyl groups is 1. The molecule has 1 heterocycles. The van der Waals surface area contributed by atoms with Crippen molar-refractivity contribution in [2.75, 3.05) is 0 Å². The van der Waals surface area contributed by atoms with Crippen LogP contribution >= 0.6 is 0 Å². The van der Waals surface area contributed by atoms with Crippen LogP contribution in [-0.4, -0.2) is 39.1 Å². The zero-order valence-electron chi connectivity index (χ0n) is 15.9. The summed E-state index contributed by atoms with van der Waals surface area (Å²) in [6, 6.07) is 7.27. The zero-order valence-corrected chi connectivity index (χ0v) is 15.9. The Hall–Kier alpha value is -2.58. The van der Waals surface area contributed by atoms with E-state index in [0.29, 0.717) is 19.4 Å². The number of amides is 1. The fraction of sp³-hybridized carbons (Fsp3) is 0.455. The topological polar surface area (TPSA) is 77.8 Å². The Morgan fingerprint density at radius 2 is 2.00 bits per heavy atom. The van der Waals surface area contributed by atoms with Crippen LogP contribution in [-0.2, 0) is 22.6 Å². The first-order valence-corrected chi connectivity index (χ1v) is 9.25. The summed E-state index contributed by atoms with van der Waals surface area (Å²) < 4.78 is 0. The highest BCUT2D eigenvalue weighted by molar-refractivity contribution is 5.79. The van der Waals surface area contributed by atoms with E-state index in [-0.39, 0.29) is 24.3 Å². The lowest BCUT2D eigenvalue weighted by molar-refractivity contribution is -0.136. The molecular weight excluding hydrogens is 342 g/mol. The SMILES string of the molecule is CC#CCC(C)[C@@H](O)/C=C/[C@H]1CCC(=O)N1Cc1ccc(CC(=O)O)cc1. The molecule has 1 unspecified atom stereocenters. The highest BCUT2D eigenvalue weighted by Gasteiger charge is 2.29. The number of carbonyl (C=O) groups is 2. The first-order valence-electron chi connectivity index (χ1n) is 9.25. The standard InChI is InChI=1S/C22H27NO4/c1-3-4-5-16(2)20(24)12-10-19-11-13-21(25)23(19)15-18-8-6-17(7-9-18)14-22(26)27/h6-10,12,16,19-20,24H,5,11,13-15H2,1-2H3,(H,26,27)/b12-10+/t16?,19-,20-/m0/s1. The van der Waals surface area contributed by atoms with Crippen molar-refractivity contribution >= 4 is 11.9 Å². The third kappa shape index (κ3) is 6.26. The van der Waals surface area contributed by atoms with Gasteiger partial charge in [0.25, 0.3) is 0 Å². The van der Waals surface area contributed by atoms with Crippen molar-refractivity contribution in [1.29, 1.82) is 0 Å². The minimum atomic E-state index is -0.861. The van der Waals surface area contributed by atoms with Crippen molar-refractivity contribution in [3.05, 3.63) is 47.5 Å². The number of nitrogens with zero attached hydrogens (tertiary/aromatic N) is 1. The Morgan fingerprint density at radius 1 is 1.33 bits per heavy atom. The number of hydrogen-bond acceptors (Lipinski definition) is 3. The van der Waals surface area contributed by atoms with E-state index in [1.165, 1.54) is 0 Å².